The van der Waals surface area contributed by atoms with Crippen LogP contribution in [0.4, 0.5) is 0 Å². The molecule has 6 heteroatoms. The van der Waals surface area contributed by atoms with Gasteiger partial charge < -0.3 is 9.64 Å². The highest BCUT2D eigenvalue weighted by Gasteiger charge is 2.29. The molecule has 1 saturated carbocycles. The molecule has 0 N–H and O–H groups in total. The number of ether oxygens (including phenoxy) is 1. The normalized spacial score (nSPS) is 22.7. The fourth-order valence-corrected chi connectivity index (χ4v) is 3.72. The summed E-state index contributed by atoms with van der Waals surface area (Å²) in [6.45, 7) is 4.77. The molecule has 1 aliphatic heterocycles. The summed E-state index contributed by atoms with van der Waals surface area (Å²) in [5.74, 6) is 0.938. The second-order valence-corrected chi connectivity index (χ2v) is 6.82. The van der Waals surface area contributed by atoms with Crippen LogP contribution < -0.4 is 0 Å². The minimum Gasteiger partial charge on any atom is -0.375 e. The van der Waals surface area contributed by atoms with Crippen molar-refractivity contribution in [3.05, 3.63) is 11.9 Å². The number of aromatic nitrogens is 3. The Hall–Kier alpha value is -1.43. The molecule has 1 aromatic heterocycles. The fraction of sp³-hybridized carbons (Fsp3) is 0.824. The number of carbonyl (C=O) groups excluding carboxylic acids is 1. The van der Waals surface area contributed by atoms with Gasteiger partial charge in [0.1, 0.15) is 5.69 Å². The first-order chi connectivity index (χ1) is 11.3. The largest absolute Gasteiger partial charge is 0.375 e. The molecular weight excluding hydrogens is 292 g/mol. The van der Waals surface area contributed by atoms with Gasteiger partial charge in [0.2, 0.25) is 5.91 Å². The monoisotopic (exact) mass is 320 g/mol. The lowest BCUT2D eigenvalue weighted by Crippen LogP contribution is -2.31. The summed E-state index contributed by atoms with van der Waals surface area (Å²) in [6, 6.07) is 0.258. The van der Waals surface area contributed by atoms with Gasteiger partial charge in [0.25, 0.3) is 0 Å². The van der Waals surface area contributed by atoms with Gasteiger partial charge in [0, 0.05) is 26.1 Å². The maximum atomic E-state index is 12.5. The van der Waals surface area contributed by atoms with E-state index in [-0.39, 0.29) is 6.04 Å². The van der Waals surface area contributed by atoms with Gasteiger partial charge in [-0.1, -0.05) is 24.5 Å². The van der Waals surface area contributed by atoms with Crippen LogP contribution >= 0.6 is 0 Å². The van der Waals surface area contributed by atoms with Gasteiger partial charge in [-0.15, -0.1) is 5.10 Å². The van der Waals surface area contributed by atoms with Gasteiger partial charge in [-0.05, 0) is 32.1 Å². The highest BCUT2D eigenvalue weighted by molar-refractivity contribution is 5.76. The second-order valence-electron chi connectivity index (χ2n) is 6.82. The third kappa shape index (κ3) is 4.31. The smallest absolute Gasteiger partial charge is 0.222 e. The van der Waals surface area contributed by atoms with E-state index in [1.807, 2.05) is 22.7 Å². The van der Waals surface area contributed by atoms with Crippen molar-refractivity contribution in [2.75, 3.05) is 19.7 Å². The van der Waals surface area contributed by atoms with Crippen LogP contribution in [0.3, 0.4) is 0 Å². The molecule has 6 nitrogen and oxygen atoms in total. The van der Waals surface area contributed by atoms with Crippen molar-refractivity contribution < 1.29 is 9.53 Å². The number of hydrogen-bond donors (Lipinski definition) is 0. The van der Waals surface area contributed by atoms with E-state index in [1.165, 1.54) is 32.1 Å². The molecule has 23 heavy (non-hydrogen) atoms. The zero-order chi connectivity index (χ0) is 16.1. The summed E-state index contributed by atoms with van der Waals surface area (Å²) in [5, 5.41) is 8.36. The second kappa shape index (κ2) is 7.90. The van der Waals surface area contributed by atoms with Crippen LogP contribution in [0.15, 0.2) is 6.20 Å². The van der Waals surface area contributed by atoms with Crippen molar-refractivity contribution in [1.29, 1.82) is 0 Å². The average Bonchev–Trinajstić information content (AvgIpc) is 3.23. The van der Waals surface area contributed by atoms with Crippen LogP contribution in [0.25, 0.3) is 0 Å². The van der Waals surface area contributed by atoms with E-state index in [0.717, 1.165) is 31.6 Å². The SMILES string of the molecule is CCOCc1cn(C2CCN(C(=O)CC3CCCCC3)C2)nn1. The maximum Gasteiger partial charge on any atom is 0.222 e. The minimum absolute atomic E-state index is 0.258. The molecule has 128 valence electrons. The van der Waals surface area contributed by atoms with Crippen LogP contribution in [-0.4, -0.2) is 45.5 Å². The molecule has 1 amide bonds. The van der Waals surface area contributed by atoms with Crippen LogP contribution in [0.2, 0.25) is 0 Å². The molecular formula is C17H28N4O2. The predicted octanol–water partition coefficient (Wildman–Crippen LogP) is 2.56. The fourth-order valence-electron chi connectivity index (χ4n) is 3.72. The van der Waals surface area contributed by atoms with Crippen LogP contribution in [0, 0.1) is 5.92 Å². The van der Waals surface area contributed by atoms with Gasteiger partial charge in [-0.25, -0.2) is 4.68 Å². The number of hydrogen-bond acceptors (Lipinski definition) is 4. The molecule has 0 aromatic carbocycles. The molecule has 0 spiro atoms. The van der Waals surface area contributed by atoms with E-state index in [4.69, 9.17) is 4.74 Å². The van der Waals surface area contributed by atoms with E-state index in [2.05, 4.69) is 10.3 Å². The molecule has 2 fully saturated rings. The Bertz CT molecular complexity index is 510. The lowest BCUT2D eigenvalue weighted by molar-refractivity contribution is -0.131. The topological polar surface area (TPSA) is 60.2 Å². The summed E-state index contributed by atoms with van der Waals surface area (Å²) < 4.78 is 7.26. The first kappa shape index (κ1) is 16.4. The van der Waals surface area contributed by atoms with E-state index < -0.39 is 0 Å². The van der Waals surface area contributed by atoms with Crippen molar-refractivity contribution in [3.63, 3.8) is 0 Å². The standard InChI is InChI=1S/C17H28N4O2/c1-2-23-13-15-11-21(19-18-15)16-8-9-20(12-16)17(22)10-14-6-4-3-5-7-14/h11,14,16H,2-10,12-13H2,1H3. The quantitative estimate of drug-likeness (QED) is 0.808. The van der Waals surface area contributed by atoms with Crippen molar-refractivity contribution in [3.8, 4) is 0 Å². The molecule has 1 saturated heterocycles. The van der Waals surface area contributed by atoms with Crippen molar-refractivity contribution >= 4 is 5.91 Å². The van der Waals surface area contributed by atoms with Gasteiger partial charge >= 0.3 is 0 Å². The average molecular weight is 320 g/mol. The summed E-state index contributed by atoms with van der Waals surface area (Å²) in [4.78, 5) is 14.5. The Kier molecular flexibility index (Phi) is 5.65. The third-order valence-corrected chi connectivity index (χ3v) is 5.09. The molecule has 1 aromatic rings. The minimum atomic E-state index is 0.258. The van der Waals surface area contributed by atoms with Gasteiger partial charge in [0.15, 0.2) is 0 Å². The number of carbonyl (C=O) groups is 1. The highest BCUT2D eigenvalue weighted by atomic mass is 16.5. The highest BCUT2D eigenvalue weighted by Crippen LogP contribution is 2.28. The van der Waals surface area contributed by atoms with Crippen molar-refractivity contribution in [2.45, 2.75) is 64.5 Å². The lowest BCUT2D eigenvalue weighted by atomic mass is 9.87. The number of rotatable bonds is 6. The summed E-state index contributed by atoms with van der Waals surface area (Å²) in [6.07, 6.45) is 10.0. The van der Waals surface area contributed by atoms with Crippen LogP contribution in [0.1, 0.15) is 63.6 Å². The van der Waals surface area contributed by atoms with Gasteiger partial charge in [0.05, 0.1) is 18.8 Å². The van der Waals surface area contributed by atoms with Crippen LogP contribution in [-0.2, 0) is 16.1 Å². The molecule has 0 bridgehead atoms. The Morgan fingerprint density at radius 3 is 2.91 bits per heavy atom. The summed E-state index contributed by atoms with van der Waals surface area (Å²) >= 11 is 0. The Labute approximate surface area is 138 Å². The van der Waals surface area contributed by atoms with Crippen molar-refractivity contribution in [1.82, 2.24) is 19.9 Å². The summed E-state index contributed by atoms with van der Waals surface area (Å²) in [5.41, 5.74) is 0.860. The molecule has 1 aliphatic carbocycles. The zero-order valence-corrected chi connectivity index (χ0v) is 14.1. The molecule has 2 heterocycles. The number of likely N-dealkylation sites (tertiary alicyclic amines) is 1. The maximum absolute atomic E-state index is 12.5. The number of nitrogens with zero attached hydrogens (tertiary/aromatic N) is 4. The van der Waals surface area contributed by atoms with Crippen molar-refractivity contribution in [2.24, 2.45) is 5.92 Å². The Balaban J connectivity index is 1.49. The molecule has 3 rings (SSSR count). The zero-order valence-electron chi connectivity index (χ0n) is 14.1. The molecule has 0 radical (unpaired) electrons. The molecule has 1 atom stereocenters. The van der Waals surface area contributed by atoms with E-state index in [1.54, 1.807) is 0 Å². The Morgan fingerprint density at radius 2 is 2.13 bits per heavy atom. The molecule has 1 unspecified atom stereocenters. The summed E-state index contributed by atoms with van der Waals surface area (Å²) in [7, 11) is 0. The van der Waals surface area contributed by atoms with E-state index in [0.29, 0.717) is 25.0 Å². The third-order valence-electron chi connectivity index (χ3n) is 5.09. The predicted molar refractivity (Wildman–Crippen MR) is 86.8 cm³/mol. The van der Waals surface area contributed by atoms with Gasteiger partial charge in [-0.2, -0.15) is 0 Å². The van der Waals surface area contributed by atoms with Gasteiger partial charge in [-0.3, -0.25) is 4.79 Å². The number of amides is 1. The van der Waals surface area contributed by atoms with Crippen LogP contribution in [0.5, 0.6) is 0 Å². The Morgan fingerprint density at radius 1 is 1.30 bits per heavy atom. The molecule has 2 aliphatic rings. The first-order valence-electron chi connectivity index (χ1n) is 9.02. The van der Waals surface area contributed by atoms with E-state index in [9.17, 15) is 4.79 Å². The lowest BCUT2D eigenvalue weighted by Gasteiger charge is -2.24. The van der Waals surface area contributed by atoms with E-state index >= 15 is 0 Å². The first-order valence-corrected chi connectivity index (χ1v) is 9.02.